The van der Waals surface area contributed by atoms with Crippen molar-refractivity contribution in [2.75, 3.05) is 20.2 Å². The standard InChI is InChI=1S/C24H25ClN2O4S/c1-31-22-12-11-20(25)14-23(22)32(29,30)27-13-5-9-19(16-27)24(28)26-15-18-8-4-7-17-6-2-3-10-21(17)18/h2-4,6-8,10-12,14,19H,5,9,13,15-16H2,1H3,(H,26,28)/t19-/m0/s1. The first-order valence-corrected chi connectivity index (χ1v) is 12.3. The SMILES string of the molecule is COc1ccc(Cl)cc1S(=O)(=O)N1CCC[C@H](C(=O)NCc2cccc3ccccc23)C1. The fourth-order valence-electron chi connectivity index (χ4n) is 4.14. The number of halogens is 1. The maximum absolute atomic E-state index is 13.3. The van der Waals surface area contributed by atoms with Gasteiger partial charge in [-0.15, -0.1) is 0 Å². The number of methoxy groups -OCH3 is 1. The van der Waals surface area contributed by atoms with E-state index in [9.17, 15) is 13.2 Å². The van der Waals surface area contributed by atoms with Crippen molar-refractivity contribution in [1.82, 2.24) is 9.62 Å². The van der Waals surface area contributed by atoms with Crippen molar-refractivity contribution in [3.63, 3.8) is 0 Å². The molecular weight excluding hydrogens is 448 g/mol. The number of carbonyl (C=O) groups excluding carboxylic acids is 1. The van der Waals surface area contributed by atoms with E-state index < -0.39 is 15.9 Å². The summed E-state index contributed by atoms with van der Waals surface area (Å²) in [6.45, 7) is 0.871. The van der Waals surface area contributed by atoms with Gasteiger partial charge < -0.3 is 10.1 Å². The van der Waals surface area contributed by atoms with Crippen LogP contribution in [0.3, 0.4) is 0 Å². The third-order valence-corrected chi connectivity index (χ3v) is 7.95. The summed E-state index contributed by atoms with van der Waals surface area (Å²) in [5.74, 6) is -0.327. The molecule has 1 atom stereocenters. The van der Waals surface area contributed by atoms with Crippen molar-refractivity contribution in [3.05, 3.63) is 71.2 Å². The van der Waals surface area contributed by atoms with Crippen LogP contribution in [0.1, 0.15) is 18.4 Å². The molecule has 0 bridgehead atoms. The second kappa shape index (κ2) is 9.48. The Morgan fingerprint density at radius 2 is 1.94 bits per heavy atom. The number of benzene rings is 3. The lowest BCUT2D eigenvalue weighted by Gasteiger charge is -2.31. The molecule has 168 valence electrons. The van der Waals surface area contributed by atoms with Gasteiger partial charge >= 0.3 is 0 Å². The number of hydrogen-bond acceptors (Lipinski definition) is 4. The van der Waals surface area contributed by atoms with E-state index >= 15 is 0 Å². The minimum absolute atomic E-state index is 0.0179. The molecule has 1 aliphatic rings. The summed E-state index contributed by atoms with van der Waals surface area (Å²) >= 11 is 6.04. The quantitative estimate of drug-likeness (QED) is 0.582. The molecule has 1 amide bonds. The molecule has 0 saturated carbocycles. The minimum atomic E-state index is -3.85. The zero-order valence-corrected chi connectivity index (χ0v) is 19.3. The summed E-state index contributed by atoms with van der Waals surface area (Å²) in [5, 5.41) is 5.52. The third-order valence-electron chi connectivity index (χ3n) is 5.83. The van der Waals surface area contributed by atoms with Gasteiger partial charge in [-0.25, -0.2) is 8.42 Å². The third kappa shape index (κ3) is 4.60. The van der Waals surface area contributed by atoms with Crippen LogP contribution in [-0.2, 0) is 21.4 Å². The number of fused-ring (bicyclic) bond motifs is 1. The lowest BCUT2D eigenvalue weighted by molar-refractivity contribution is -0.126. The summed E-state index contributed by atoms with van der Waals surface area (Å²) < 4.78 is 33.1. The van der Waals surface area contributed by atoms with E-state index in [0.29, 0.717) is 31.0 Å². The number of rotatable bonds is 6. The fraction of sp³-hybridized carbons (Fsp3) is 0.292. The number of amides is 1. The van der Waals surface area contributed by atoms with E-state index in [1.165, 1.54) is 23.5 Å². The second-order valence-electron chi connectivity index (χ2n) is 7.85. The van der Waals surface area contributed by atoms with Gasteiger partial charge in [-0.1, -0.05) is 54.1 Å². The van der Waals surface area contributed by atoms with Crippen LogP contribution >= 0.6 is 11.6 Å². The van der Waals surface area contributed by atoms with Crippen molar-refractivity contribution < 1.29 is 17.9 Å². The number of ether oxygens (including phenoxy) is 1. The molecule has 4 rings (SSSR count). The van der Waals surface area contributed by atoms with Crippen LogP contribution < -0.4 is 10.1 Å². The lowest BCUT2D eigenvalue weighted by atomic mass is 9.98. The number of hydrogen-bond donors (Lipinski definition) is 1. The zero-order valence-electron chi connectivity index (χ0n) is 17.8. The van der Waals surface area contributed by atoms with Crippen LogP contribution in [0.5, 0.6) is 5.75 Å². The molecule has 0 radical (unpaired) electrons. The van der Waals surface area contributed by atoms with Crippen molar-refractivity contribution in [1.29, 1.82) is 0 Å². The normalized spacial score (nSPS) is 17.2. The van der Waals surface area contributed by atoms with Crippen LogP contribution in [0, 0.1) is 5.92 Å². The van der Waals surface area contributed by atoms with E-state index in [0.717, 1.165) is 16.3 Å². The van der Waals surface area contributed by atoms with E-state index in [4.69, 9.17) is 16.3 Å². The molecule has 1 aliphatic heterocycles. The molecule has 1 N–H and O–H groups in total. The molecule has 1 fully saturated rings. The van der Waals surface area contributed by atoms with Crippen molar-refractivity contribution in [2.45, 2.75) is 24.3 Å². The van der Waals surface area contributed by atoms with Gasteiger partial charge in [-0.05, 0) is 47.4 Å². The first-order valence-electron chi connectivity index (χ1n) is 10.5. The van der Waals surface area contributed by atoms with Crippen LogP contribution in [0.2, 0.25) is 5.02 Å². The van der Waals surface area contributed by atoms with Crippen LogP contribution in [0.25, 0.3) is 10.8 Å². The van der Waals surface area contributed by atoms with Gasteiger partial charge in [-0.2, -0.15) is 4.31 Å². The average Bonchev–Trinajstić information content (AvgIpc) is 2.82. The van der Waals surface area contributed by atoms with Gasteiger partial charge in [0.15, 0.2) is 0 Å². The highest BCUT2D eigenvalue weighted by molar-refractivity contribution is 7.89. The largest absolute Gasteiger partial charge is 0.495 e. The molecule has 8 heteroatoms. The van der Waals surface area contributed by atoms with Crippen LogP contribution in [0.4, 0.5) is 0 Å². The Labute approximate surface area is 193 Å². The van der Waals surface area contributed by atoms with Crippen molar-refractivity contribution >= 4 is 38.3 Å². The van der Waals surface area contributed by atoms with E-state index in [-0.39, 0.29) is 23.1 Å². The van der Waals surface area contributed by atoms with Crippen molar-refractivity contribution in [3.8, 4) is 5.75 Å². The van der Waals surface area contributed by atoms with Gasteiger partial charge in [0.25, 0.3) is 0 Å². The highest BCUT2D eigenvalue weighted by Crippen LogP contribution is 2.32. The van der Waals surface area contributed by atoms with Gasteiger partial charge in [0.05, 0.1) is 13.0 Å². The number of piperidine rings is 1. The fourth-order valence-corrected chi connectivity index (χ4v) is 6.08. The monoisotopic (exact) mass is 472 g/mol. The molecule has 0 spiro atoms. The zero-order chi connectivity index (χ0) is 22.7. The second-order valence-corrected chi connectivity index (χ2v) is 10.2. The predicted octanol–water partition coefficient (Wildman–Crippen LogP) is 4.22. The van der Waals surface area contributed by atoms with Crippen molar-refractivity contribution in [2.24, 2.45) is 5.92 Å². The maximum Gasteiger partial charge on any atom is 0.246 e. The summed E-state index contributed by atoms with van der Waals surface area (Å²) in [7, 11) is -2.43. The first-order chi connectivity index (χ1) is 15.4. The summed E-state index contributed by atoms with van der Waals surface area (Å²) in [4.78, 5) is 12.9. The molecular formula is C24H25ClN2O4S. The number of nitrogens with one attached hydrogen (secondary N) is 1. The van der Waals surface area contributed by atoms with Gasteiger partial charge in [0.1, 0.15) is 10.6 Å². The molecule has 6 nitrogen and oxygen atoms in total. The topological polar surface area (TPSA) is 75.7 Å². The number of carbonyl (C=O) groups is 1. The molecule has 1 saturated heterocycles. The van der Waals surface area contributed by atoms with E-state index in [2.05, 4.69) is 5.32 Å². The molecule has 0 unspecified atom stereocenters. The molecule has 1 heterocycles. The molecule has 0 aromatic heterocycles. The summed E-state index contributed by atoms with van der Waals surface area (Å²) in [6, 6.07) is 18.5. The Balaban J connectivity index is 1.48. The minimum Gasteiger partial charge on any atom is -0.495 e. The Kier molecular flexibility index (Phi) is 6.69. The Hall–Kier alpha value is -2.61. The van der Waals surface area contributed by atoms with E-state index in [1.54, 1.807) is 6.07 Å². The van der Waals surface area contributed by atoms with E-state index in [1.807, 2.05) is 42.5 Å². The van der Waals surface area contributed by atoms with Gasteiger partial charge in [-0.3, -0.25) is 4.79 Å². The lowest BCUT2D eigenvalue weighted by Crippen LogP contribution is -2.45. The average molecular weight is 473 g/mol. The van der Waals surface area contributed by atoms with Crippen LogP contribution in [-0.4, -0.2) is 38.8 Å². The van der Waals surface area contributed by atoms with Gasteiger partial charge in [0.2, 0.25) is 15.9 Å². The highest BCUT2D eigenvalue weighted by atomic mass is 35.5. The summed E-state index contributed by atoms with van der Waals surface area (Å²) in [6.07, 6.45) is 1.24. The maximum atomic E-state index is 13.3. The Morgan fingerprint density at radius 1 is 1.16 bits per heavy atom. The molecule has 3 aromatic carbocycles. The molecule has 0 aliphatic carbocycles. The number of sulfonamides is 1. The molecule has 32 heavy (non-hydrogen) atoms. The Bertz CT molecular complexity index is 1240. The molecule has 3 aromatic rings. The smallest absolute Gasteiger partial charge is 0.246 e. The summed E-state index contributed by atoms with van der Waals surface area (Å²) in [5.41, 5.74) is 1.03. The first kappa shape index (κ1) is 22.6. The highest BCUT2D eigenvalue weighted by Gasteiger charge is 2.35. The van der Waals surface area contributed by atoms with Crippen LogP contribution in [0.15, 0.2) is 65.6 Å². The van der Waals surface area contributed by atoms with Gasteiger partial charge in [0, 0.05) is 24.7 Å². The Morgan fingerprint density at radius 3 is 2.75 bits per heavy atom. The predicted molar refractivity (Wildman–Crippen MR) is 125 cm³/mol. The number of nitrogens with zero attached hydrogens (tertiary/aromatic N) is 1.